The molecule has 186 valence electrons. The molecular weight excluding hydrogens is 511 g/mol. The predicted octanol–water partition coefficient (Wildman–Crippen LogP) is 4.66. The van der Waals surface area contributed by atoms with Crippen LogP contribution in [0.3, 0.4) is 0 Å². The highest BCUT2D eigenvalue weighted by Crippen LogP contribution is 2.39. The third-order valence-corrected chi connectivity index (χ3v) is 6.95. The van der Waals surface area contributed by atoms with Crippen molar-refractivity contribution in [2.75, 3.05) is 4.90 Å². The minimum Gasteiger partial charge on any atom is -0.858 e. The Bertz CT molecular complexity index is 1610. The van der Waals surface area contributed by atoms with Crippen molar-refractivity contribution in [2.24, 2.45) is 0 Å². The van der Waals surface area contributed by atoms with Crippen LogP contribution in [0.15, 0.2) is 67.0 Å². The number of nitrogens with zero attached hydrogens (tertiary/aromatic N) is 4. The smallest absolute Gasteiger partial charge is 0.331 e. The largest absolute Gasteiger partial charge is 0.858 e. The number of rotatable bonds is 5. The maximum Gasteiger partial charge on any atom is 0.331 e. The van der Waals surface area contributed by atoms with Crippen LogP contribution in [0.2, 0.25) is 10.0 Å². The Hall–Kier alpha value is -3.94. The van der Waals surface area contributed by atoms with Crippen LogP contribution in [0.5, 0.6) is 5.88 Å². The first kappa shape index (κ1) is 24.7. The van der Waals surface area contributed by atoms with Crippen LogP contribution in [0.25, 0.3) is 17.0 Å². The zero-order valence-corrected chi connectivity index (χ0v) is 21.8. The lowest BCUT2D eigenvalue weighted by Gasteiger charge is -2.16. The number of carbonyl (C=O) groups is 2. The van der Waals surface area contributed by atoms with Gasteiger partial charge >= 0.3 is 5.91 Å². The van der Waals surface area contributed by atoms with E-state index in [1.165, 1.54) is 10.7 Å². The molecule has 37 heavy (non-hydrogen) atoms. The van der Waals surface area contributed by atoms with Gasteiger partial charge in [0.1, 0.15) is 5.57 Å². The van der Waals surface area contributed by atoms with Crippen molar-refractivity contribution < 1.29 is 19.3 Å². The zero-order valence-electron chi connectivity index (χ0n) is 20.3. The molecule has 0 radical (unpaired) electrons. The second-order valence-electron chi connectivity index (χ2n) is 8.78. The van der Waals surface area contributed by atoms with E-state index >= 15 is 0 Å². The van der Waals surface area contributed by atoms with E-state index < -0.39 is 17.7 Å². The van der Waals surface area contributed by atoms with Crippen LogP contribution in [0.4, 0.5) is 5.69 Å². The number of amides is 2. The van der Waals surface area contributed by atoms with Gasteiger partial charge in [0.15, 0.2) is 12.4 Å². The van der Waals surface area contributed by atoms with E-state index in [9.17, 15) is 14.7 Å². The second kappa shape index (κ2) is 9.50. The summed E-state index contributed by atoms with van der Waals surface area (Å²) in [6.45, 7) is 5.64. The van der Waals surface area contributed by atoms with Gasteiger partial charge in [-0.3, -0.25) is 9.59 Å². The van der Waals surface area contributed by atoms with Gasteiger partial charge in [-0.25, -0.2) is 9.58 Å². The van der Waals surface area contributed by atoms with E-state index in [1.807, 2.05) is 39.0 Å². The average Bonchev–Trinajstić information content (AvgIpc) is 3.33. The predicted molar refractivity (Wildman–Crippen MR) is 141 cm³/mol. The molecule has 0 unspecified atom stereocenters. The summed E-state index contributed by atoms with van der Waals surface area (Å²) in [6.07, 6.45) is 3.80. The summed E-state index contributed by atoms with van der Waals surface area (Å²) >= 11 is 12.2. The van der Waals surface area contributed by atoms with Gasteiger partial charge in [0.25, 0.3) is 11.6 Å². The number of aryl methyl sites for hydroxylation is 3. The molecule has 0 spiro atoms. The van der Waals surface area contributed by atoms with Crippen LogP contribution < -0.4 is 14.6 Å². The molecule has 1 aliphatic rings. The van der Waals surface area contributed by atoms with Crippen molar-refractivity contribution in [1.29, 1.82) is 0 Å². The number of aromatic nitrogens is 3. The van der Waals surface area contributed by atoms with Gasteiger partial charge in [0.2, 0.25) is 0 Å². The molecule has 0 N–H and O–H groups in total. The summed E-state index contributed by atoms with van der Waals surface area (Å²) in [7, 11) is 0. The third-order valence-electron chi connectivity index (χ3n) is 6.21. The molecule has 0 saturated carbocycles. The van der Waals surface area contributed by atoms with Gasteiger partial charge in [-0.2, -0.15) is 9.67 Å². The summed E-state index contributed by atoms with van der Waals surface area (Å²) in [4.78, 5) is 28.9. The summed E-state index contributed by atoms with van der Waals surface area (Å²) in [5.74, 6) is -1.63. The highest BCUT2D eigenvalue weighted by atomic mass is 35.5. The second-order valence-corrected chi connectivity index (χ2v) is 9.60. The molecule has 0 aliphatic carbocycles. The van der Waals surface area contributed by atoms with Crippen molar-refractivity contribution in [2.45, 2.75) is 27.2 Å². The average molecular weight is 533 g/mol. The number of halogens is 2. The lowest BCUT2D eigenvalue weighted by atomic mass is 10.0. The van der Waals surface area contributed by atoms with Crippen molar-refractivity contribution in [3.05, 3.63) is 99.4 Å². The fraction of sp³-hybridized carbons (Fsp3) is 0.143. The van der Waals surface area contributed by atoms with E-state index in [0.717, 1.165) is 16.0 Å². The number of hydrogen-bond donors (Lipinski definition) is 0. The van der Waals surface area contributed by atoms with Gasteiger partial charge < -0.3 is 5.11 Å². The standard InChI is InChI=1S/C28H22Cl2N4O3/c1-4-22-23(27(36)34(31-22)19-11-12-20(29)21(30)14-19)24-25(32-13-5-6-17(3)15-32)28(37)33(26(24)35)18-9-7-16(2)8-10-18/h5-15H,4H2,1-3H3. The summed E-state index contributed by atoms with van der Waals surface area (Å²) in [5, 5.41) is 18.9. The monoisotopic (exact) mass is 532 g/mol. The van der Waals surface area contributed by atoms with Gasteiger partial charge in [-0.1, -0.05) is 47.8 Å². The molecular formula is C28H22Cl2N4O3. The first-order chi connectivity index (χ1) is 17.7. The van der Waals surface area contributed by atoms with Gasteiger partial charge in [0, 0.05) is 17.2 Å². The first-order valence-electron chi connectivity index (χ1n) is 11.6. The van der Waals surface area contributed by atoms with E-state index in [1.54, 1.807) is 47.3 Å². The Morgan fingerprint density at radius 3 is 2.27 bits per heavy atom. The van der Waals surface area contributed by atoms with Crippen LogP contribution in [-0.4, -0.2) is 21.6 Å². The summed E-state index contributed by atoms with van der Waals surface area (Å²) in [6, 6.07) is 15.5. The Morgan fingerprint density at radius 1 is 0.919 bits per heavy atom. The highest BCUT2D eigenvalue weighted by molar-refractivity contribution is 6.53. The normalized spacial score (nSPS) is 13.7. The molecule has 0 saturated heterocycles. The number of carbonyl (C=O) groups excluding carboxylic acids is 2. The lowest BCUT2D eigenvalue weighted by Crippen LogP contribution is -2.39. The molecule has 9 heteroatoms. The topological polar surface area (TPSA) is 82.1 Å². The maximum absolute atomic E-state index is 14.0. The van der Waals surface area contributed by atoms with E-state index in [4.69, 9.17) is 23.2 Å². The van der Waals surface area contributed by atoms with Crippen molar-refractivity contribution >= 4 is 52.0 Å². The molecule has 0 atom stereocenters. The summed E-state index contributed by atoms with van der Waals surface area (Å²) in [5.41, 5.74) is 3.27. The molecule has 2 aromatic heterocycles. The number of hydrogen-bond acceptors (Lipinski definition) is 4. The maximum atomic E-state index is 14.0. The van der Waals surface area contributed by atoms with Crippen LogP contribution in [-0.2, 0) is 16.0 Å². The minimum atomic E-state index is -0.585. The van der Waals surface area contributed by atoms with Gasteiger partial charge in [-0.05, 0) is 62.5 Å². The van der Waals surface area contributed by atoms with Crippen molar-refractivity contribution in [3.63, 3.8) is 0 Å². The molecule has 0 fully saturated rings. The zero-order chi connectivity index (χ0) is 26.4. The molecule has 2 amide bonds. The molecule has 2 aromatic carbocycles. The number of pyridine rings is 1. The quantitative estimate of drug-likeness (QED) is 0.276. The fourth-order valence-electron chi connectivity index (χ4n) is 4.38. The lowest BCUT2D eigenvalue weighted by molar-refractivity contribution is -0.577. The third kappa shape index (κ3) is 4.20. The number of imide groups is 1. The highest BCUT2D eigenvalue weighted by Gasteiger charge is 2.47. The Morgan fingerprint density at radius 2 is 1.62 bits per heavy atom. The van der Waals surface area contributed by atoms with Gasteiger partial charge in [-0.15, -0.1) is 0 Å². The van der Waals surface area contributed by atoms with Crippen LogP contribution in [0.1, 0.15) is 29.3 Å². The van der Waals surface area contributed by atoms with E-state index in [-0.39, 0.29) is 21.9 Å². The van der Waals surface area contributed by atoms with Gasteiger partial charge in [0.05, 0.1) is 27.1 Å². The Labute approximate surface area is 223 Å². The first-order valence-corrected chi connectivity index (χ1v) is 12.4. The summed E-state index contributed by atoms with van der Waals surface area (Å²) < 4.78 is 2.78. The Balaban J connectivity index is 1.77. The molecule has 4 aromatic rings. The molecule has 5 rings (SSSR count). The van der Waals surface area contributed by atoms with Crippen LogP contribution >= 0.6 is 23.2 Å². The molecule has 1 aliphatic heterocycles. The number of anilines is 1. The molecule has 3 heterocycles. The minimum absolute atomic E-state index is 0.00864. The van der Waals surface area contributed by atoms with Crippen LogP contribution in [0, 0.1) is 13.8 Å². The molecule has 0 bridgehead atoms. The fourth-order valence-corrected chi connectivity index (χ4v) is 4.67. The van der Waals surface area contributed by atoms with E-state index in [0.29, 0.717) is 28.5 Å². The Kier molecular flexibility index (Phi) is 6.35. The van der Waals surface area contributed by atoms with Crippen molar-refractivity contribution in [1.82, 2.24) is 9.78 Å². The van der Waals surface area contributed by atoms with E-state index in [2.05, 4.69) is 5.10 Å². The van der Waals surface area contributed by atoms with Crippen molar-refractivity contribution in [3.8, 4) is 11.6 Å². The SMILES string of the molecule is CCc1nn(-c2ccc(Cl)c(Cl)c2)c([O-])c1C1=C([n+]2cccc(C)c2)C(=O)N(c2ccc(C)cc2)C1=O. The molecule has 7 nitrogen and oxygen atoms in total. The number of benzene rings is 2.